The predicted molar refractivity (Wildman–Crippen MR) is 53.9 cm³/mol. The van der Waals surface area contributed by atoms with Gasteiger partial charge in [-0.05, 0) is 0 Å². The molecule has 0 aliphatic rings. The number of carbonyl (C=O) groups excluding carboxylic acids is 1. The maximum atomic E-state index is 12.7. The van der Waals surface area contributed by atoms with E-state index in [0.717, 1.165) is 6.20 Å². The molecule has 0 radical (unpaired) electrons. The van der Waals surface area contributed by atoms with Crippen molar-refractivity contribution in [3.63, 3.8) is 0 Å². The van der Waals surface area contributed by atoms with E-state index < -0.39 is 29.7 Å². The molecule has 0 atom stereocenters. The van der Waals surface area contributed by atoms with Crippen molar-refractivity contribution >= 4 is 22.2 Å². The van der Waals surface area contributed by atoms with Gasteiger partial charge in [-0.1, -0.05) is 15.9 Å². The second-order valence-electron chi connectivity index (χ2n) is 3.00. The van der Waals surface area contributed by atoms with Gasteiger partial charge in [0.1, 0.15) is 0 Å². The van der Waals surface area contributed by atoms with Crippen molar-refractivity contribution in [3.05, 3.63) is 23.0 Å². The minimum absolute atomic E-state index is 0.0298. The number of ether oxygens (including phenoxy) is 1. The normalized spacial score (nSPS) is 11.7. The smallest absolute Gasteiger partial charge is 0.404 e. The summed E-state index contributed by atoms with van der Waals surface area (Å²) in [5.74, 6) is -1.21. The summed E-state index contributed by atoms with van der Waals surface area (Å²) in [4.78, 5) is 14.0. The number of hydrogen-bond acceptors (Lipinski definition) is 3. The Hall–Kier alpha value is -1.25. The van der Waals surface area contributed by atoms with Crippen LogP contribution in [0.5, 0.6) is 5.75 Å². The molecule has 1 aromatic heterocycles. The Balaban J connectivity index is 3.45. The van der Waals surface area contributed by atoms with Gasteiger partial charge in [0.05, 0.1) is 16.8 Å². The lowest BCUT2D eigenvalue weighted by Crippen LogP contribution is -2.20. The first-order chi connectivity index (χ1) is 8.30. The van der Waals surface area contributed by atoms with Crippen LogP contribution in [0.4, 0.5) is 22.0 Å². The predicted octanol–water partition coefficient (Wildman–Crippen LogP) is 3.63. The van der Waals surface area contributed by atoms with E-state index in [2.05, 4.69) is 25.7 Å². The van der Waals surface area contributed by atoms with Crippen molar-refractivity contribution < 1.29 is 31.5 Å². The second kappa shape index (κ2) is 5.59. The number of nitrogens with zero attached hydrogens (tertiary/aromatic N) is 1. The Morgan fingerprint density at radius 3 is 2.44 bits per heavy atom. The Kier molecular flexibility index (Phi) is 4.60. The molecule has 0 saturated heterocycles. The molecule has 0 N–H and O–H groups in total. The summed E-state index contributed by atoms with van der Waals surface area (Å²) >= 11 is 2.82. The van der Waals surface area contributed by atoms with Crippen LogP contribution in [0.15, 0.2) is 6.20 Å². The van der Waals surface area contributed by atoms with Crippen molar-refractivity contribution in [3.8, 4) is 5.75 Å². The number of alkyl halides is 6. The fraction of sp³-hybridized carbons (Fsp3) is 0.333. The van der Waals surface area contributed by atoms with E-state index in [0.29, 0.717) is 0 Å². The first kappa shape index (κ1) is 14.8. The van der Waals surface area contributed by atoms with Gasteiger partial charge < -0.3 is 4.74 Å². The molecule has 9 heteroatoms. The molecule has 0 fully saturated rings. The second-order valence-corrected chi connectivity index (χ2v) is 3.56. The van der Waals surface area contributed by atoms with E-state index in [1.807, 2.05) is 0 Å². The van der Waals surface area contributed by atoms with Gasteiger partial charge in [-0.2, -0.15) is 0 Å². The van der Waals surface area contributed by atoms with Gasteiger partial charge in [0.25, 0.3) is 6.43 Å². The van der Waals surface area contributed by atoms with Crippen LogP contribution >= 0.6 is 15.9 Å². The first-order valence-electron chi connectivity index (χ1n) is 4.37. The van der Waals surface area contributed by atoms with E-state index in [1.165, 1.54) is 0 Å². The van der Waals surface area contributed by atoms with Gasteiger partial charge in [-0.15, -0.1) is 13.2 Å². The Bertz CT molecular complexity index is 449. The zero-order valence-corrected chi connectivity index (χ0v) is 10.1. The van der Waals surface area contributed by atoms with Gasteiger partial charge in [0, 0.05) is 11.5 Å². The van der Waals surface area contributed by atoms with Crippen LogP contribution in [0.2, 0.25) is 0 Å². The highest BCUT2D eigenvalue weighted by Crippen LogP contribution is 2.37. The first-order valence-corrected chi connectivity index (χ1v) is 5.49. The third kappa shape index (κ3) is 3.37. The lowest BCUT2D eigenvalue weighted by molar-refractivity contribution is -0.275. The van der Waals surface area contributed by atoms with Crippen molar-refractivity contribution in [1.29, 1.82) is 0 Å². The highest BCUT2D eigenvalue weighted by Gasteiger charge is 2.35. The maximum Gasteiger partial charge on any atom is 0.573 e. The summed E-state index contributed by atoms with van der Waals surface area (Å²) in [5, 5.41) is -0.194. The molecule has 0 amide bonds. The average Bonchev–Trinajstić information content (AvgIpc) is 2.25. The summed E-state index contributed by atoms with van der Waals surface area (Å²) in [6, 6.07) is 0. The topological polar surface area (TPSA) is 39.2 Å². The molecule has 0 aliphatic heterocycles. The number of rotatable bonds is 4. The molecule has 0 spiro atoms. The molecule has 0 bridgehead atoms. The zero-order chi connectivity index (χ0) is 13.9. The van der Waals surface area contributed by atoms with Gasteiger partial charge >= 0.3 is 6.36 Å². The van der Waals surface area contributed by atoms with E-state index in [-0.39, 0.29) is 17.3 Å². The van der Waals surface area contributed by atoms with Crippen LogP contribution in [0, 0.1) is 0 Å². The zero-order valence-electron chi connectivity index (χ0n) is 8.47. The molecule has 1 heterocycles. The Labute approximate surface area is 106 Å². The Morgan fingerprint density at radius 1 is 1.44 bits per heavy atom. The van der Waals surface area contributed by atoms with Crippen LogP contribution in [-0.4, -0.2) is 17.6 Å². The molecule has 1 rings (SSSR count). The Morgan fingerprint density at radius 2 is 2.06 bits per heavy atom. The minimum Gasteiger partial charge on any atom is -0.404 e. The molecule has 18 heavy (non-hydrogen) atoms. The summed E-state index contributed by atoms with van der Waals surface area (Å²) < 4.78 is 65.3. The van der Waals surface area contributed by atoms with Crippen LogP contribution in [-0.2, 0) is 5.33 Å². The number of carbonyl (C=O) groups is 1. The largest absolute Gasteiger partial charge is 0.573 e. The fourth-order valence-corrected chi connectivity index (χ4v) is 1.65. The van der Waals surface area contributed by atoms with E-state index in [9.17, 15) is 26.7 Å². The van der Waals surface area contributed by atoms with Crippen molar-refractivity contribution in [1.82, 2.24) is 4.98 Å². The molecule has 0 saturated carbocycles. The number of halogens is 6. The summed E-state index contributed by atoms with van der Waals surface area (Å²) in [6.45, 7) is 0. The van der Waals surface area contributed by atoms with Crippen molar-refractivity contribution in [2.45, 2.75) is 18.1 Å². The van der Waals surface area contributed by atoms with Crippen LogP contribution in [0.25, 0.3) is 0 Å². The molecule has 0 aliphatic carbocycles. The van der Waals surface area contributed by atoms with Crippen LogP contribution in [0.3, 0.4) is 0 Å². The van der Waals surface area contributed by atoms with Gasteiger partial charge in [0.2, 0.25) is 0 Å². The SMILES string of the molecule is O=Cc1cnc(CBr)c(C(F)F)c1OC(F)(F)F. The number of hydrogen-bond donors (Lipinski definition) is 0. The number of aldehydes is 1. The molecule has 1 aromatic rings. The minimum atomic E-state index is -5.17. The quantitative estimate of drug-likeness (QED) is 0.480. The summed E-state index contributed by atoms with van der Waals surface area (Å²) in [6.07, 6.45) is -7.71. The number of aromatic nitrogens is 1. The van der Waals surface area contributed by atoms with Gasteiger partial charge in [0.15, 0.2) is 12.0 Å². The lowest BCUT2D eigenvalue weighted by atomic mass is 10.1. The highest BCUT2D eigenvalue weighted by molar-refractivity contribution is 9.08. The maximum absolute atomic E-state index is 12.7. The molecule has 100 valence electrons. The third-order valence-corrected chi connectivity index (χ3v) is 2.40. The van der Waals surface area contributed by atoms with Crippen molar-refractivity contribution in [2.24, 2.45) is 0 Å². The lowest BCUT2D eigenvalue weighted by Gasteiger charge is -2.16. The molecular weight excluding hydrogens is 329 g/mol. The number of pyridine rings is 1. The van der Waals surface area contributed by atoms with Crippen molar-refractivity contribution in [2.75, 3.05) is 0 Å². The molecule has 0 unspecified atom stereocenters. The molecular formula is C9H5BrF5NO2. The van der Waals surface area contributed by atoms with Gasteiger partial charge in [-0.3, -0.25) is 9.78 Å². The fourth-order valence-electron chi connectivity index (χ4n) is 1.21. The standard InChI is InChI=1S/C9H5BrF5NO2/c10-1-5-6(8(11)12)7(18-9(13,14)15)4(3-17)2-16-5/h2-3,8H,1H2. The van der Waals surface area contributed by atoms with E-state index in [4.69, 9.17) is 0 Å². The van der Waals surface area contributed by atoms with Crippen LogP contribution < -0.4 is 4.74 Å². The van der Waals surface area contributed by atoms with Crippen LogP contribution in [0.1, 0.15) is 28.0 Å². The molecule has 0 aromatic carbocycles. The van der Waals surface area contributed by atoms with E-state index >= 15 is 0 Å². The van der Waals surface area contributed by atoms with E-state index in [1.54, 1.807) is 0 Å². The summed E-state index contributed by atoms with van der Waals surface area (Å²) in [7, 11) is 0. The molecule has 3 nitrogen and oxygen atoms in total. The third-order valence-electron chi connectivity index (χ3n) is 1.87. The van der Waals surface area contributed by atoms with Gasteiger partial charge in [-0.25, -0.2) is 8.78 Å². The summed E-state index contributed by atoms with van der Waals surface area (Å²) in [5.41, 5.74) is -2.06. The monoisotopic (exact) mass is 333 g/mol. The highest BCUT2D eigenvalue weighted by atomic mass is 79.9. The average molecular weight is 334 g/mol.